The quantitative estimate of drug-likeness (QED) is 0.814. The van der Waals surface area contributed by atoms with Crippen LogP contribution in [-0.4, -0.2) is 29.2 Å². The predicted octanol–water partition coefficient (Wildman–Crippen LogP) is 2.55. The molecule has 2 aromatic carbocycles. The lowest BCUT2D eigenvalue weighted by molar-refractivity contribution is -0.146. The summed E-state index contributed by atoms with van der Waals surface area (Å²) in [6.07, 6.45) is 2.52. The lowest BCUT2D eigenvalue weighted by Gasteiger charge is -2.25. The summed E-state index contributed by atoms with van der Waals surface area (Å²) in [6, 6.07) is 19.0. The maximum absolute atomic E-state index is 13.0. The predicted molar refractivity (Wildman–Crippen MR) is 95.3 cm³/mol. The van der Waals surface area contributed by atoms with Crippen LogP contribution in [0.1, 0.15) is 17.2 Å². The van der Waals surface area contributed by atoms with Gasteiger partial charge in [0.15, 0.2) is 0 Å². The Labute approximate surface area is 151 Å². The second-order valence-corrected chi connectivity index (χ2v) is 6.60. The van der Waals surface area contributed by atoms with Crippen LogP contribution in [0.25, 0.3) is 0 Å². The fourth-order valence-corrected chi connectivity index (χ4v) is 3.80. The largest absolute Gasteiger partial charge is 0.481 e. The molecule has 2 aliphatic heterocycles. The minimum atomic E-state index is -1.00. The molecular weight excluding hydrogens is 330 g/mol. The average molecular weight is 349 g/mol. The Morgan fingerprint density at radius 3 is 1.85 bits per heavy atom. The highest BCUT2D eigenvalue weighted by molar-refractivity contribution is 5.87. The molecule has 2 aromatic rings. The summed E-state index contributed by atoms with van der Waals surface area (Å²) in [5, 5.41) is 12.6. The van der Waals surface area contributed by atoms with Gasteiger partial charge in [-0.05, 0) is 11.1 Å². The number of carbonyl (C=O) groups is 2. The number of rotatable bonds is 5. The minimum Gasteiger partial charge on any atom is -0.481 e. The normalized spacial score (nSPS) is 26.2. The third kappa shape index (κ3) is 2.91. The molecule has 1 fully saturated rings. The van der Waals surface area contributed by atoms with E-state index < -0.39 is 30.0 Å². The van der Waals surface area contributed by atoms with Crippen molar-refractivity contribution in [3.05, 3.63) is 83.9 Å². The van der Waals surface area contributed by atoms with Gasteiger partial charge in [0.2, 0.25) is 5.91 Å². The van der Waals surface area contributed by atoms with Crippen LogP contribution in [0.15, 0.2) is 72.8 Å². The maximum Gasteiger partial charge on any atom is 0.310 e. The Bertz CT molecular complexity index is 794. The van der Waals surface area contributed by atoms with Crippen molar-refractivity contribution in [1.29, 1.82) is 0 Å². The van der Waals surface area contributed by atoms with Crippen LogP contribution in [0.4, 0.5) is 0 Å². The second kappa shape index (κ2) is 6.77. The van der Waals surface area contributed by atoms with Gasteiger partial charge in [0, 0.05) is 0 Å². The summed E-state index contributed by atoms with van der Waals surface area (Å²) in [4.78, 5) is 24.7. The Morgan fingerprint density at radius 1 is 0.846 bits per heavy atom. The Morgan fingerprint density at radius 2 is 1.35 bits per heavy atom. The number of aliphatic carboxylic acids is 1. The van der Waals surface area contributed by atoms with Gasteiger partial charge < -0.3 is 15.2 Å². The summed E-state index contributed by atoms with van der Waals surface area (Å²) in [5.41, 5.74) is 1.89. The molecule has 0 unspecified atom stereocenters. The van der Waals surface area contributed by atoms with Crippen molar-refractivity contribution in [3.63, 3.8) is 0 Å². The van der Waals surface area contributed by atoms with Crippen LogP contribution in [0.5, 0.6) is 0 Å². The molecule has 2 heterocycles. The molecule has 5 heteroatoms. The molecule has 0 aliphatic carbocycles. The number of amides is 1. The van der Waals surface area contributed by atoms with Gasteiger partial charge in [0.25, 0.3) is 0 Å². The van der Waals surface area contributed by atoms with E-state index in [1.54, 1.807) is 12.2 Å². The SMILES string of the molecule is O=C(O)[C@@H]1[C@@H](C(=O)NC(c2ccccc2)c2ccccc2)[C@@H]2C=C[C@@H]1O2. The van der Waals surface area contributed by atoms with Crippen molar-refractivity contribution < 1.29 is 19.4 Å². The van der Waals surface area contributed by atoms with Crippen LogP contribution in [0.2, 0.25) is 0 Å². The number of carboxylic acid groups (broad SMARTS) is 1. The number of nitrogens with one attached hydrogen (secondary N) is 1. The lowest BCUT2D eigenvalue weighted by Crippen LogP contribution is -2.43. The molecule has 4 atom stereocenters. The molecule has 2 N–H and O–H groups in total. The Kier molecular flexibility index (Phi) is 4.31. The monoisotopic (exact) mass is 349 g/mol. The number of fused-ring (bicyclic) bond motifs is 2. The summed E-state index contributed by atoms with van der Waals surface area (Å²) >= 11 is 0. The van der Waals surface area contributed by atoms with Crippen molar-refractivity contribution in [2.45, 2.75) is 18.2 Å². The van der Waals surface area contributed by atoms with Crippen molar-refractivity contribution in [2.75, 3.05) is 0 Å². The fourth-order valence-electron chi connectivity index (χ4n) is 3.80. The summed E-state index contributed by atoms with van der Waals surface area (Å²) in [6.45, 7) is 0. The first-order chi connectivity index (χ1) is 12.6. The zero-order valence-corrected chi connectivity index (χ0v) is 14.0. The third-order valence-corrected chi connectivity index (χ3v) is 5.04. The third-order valence-electron chi connectivity index (χ3n) is 5.04. The molecule has 0 aromatic heterocycles. The summed E-state index contributed by atoms with van der Waals surface area (Å²) in [7, 11) is 0. The van der Waals surface area contributed by atoms with Crippen LogP contribution in [0, 0.1) is 11.8 Å². The van der Waals surface area contributed by atoms with Crippen molar-refractivity contribution >= 4 is 11.9 Å². The van der Waals surface area contributed by atoms with Gasteiger partial charge in [-0.3, -0.25) is 9.59 Å². The molecule has 1 amide bonds. The maximum atomic E-state index is 13.0. The lowest BCUT2D eigenvalue weighted by atomic mass is 9.82. The smallest absolute Gasteiger partial charge is 0.310 e. The van der Waals surface area contributed by atoms with Gasteiger partial charge in [-0.25, -0.2) is 0 Å². The minimum absolute atomic E-state index is 0.299. The van der Waals surface area contributed by atoms with Gasteiger partial charge in [0.1, 0.15) is 5.92 Å². The van der Waals surface area contributed by atoms with Crippen LogP contribution in [-0.2, 0) is 14.3 Å². The standard InChI is InChI=1S/C21H19NO4/c23-20(17-15-11-12-16(26-15)18(17)21(24)25)22-19(13-7-3-1-4-8-13)14-9-5-2-6-10-14/h1-12,15-19H,(H,22,23)(H,24,25)/t15-,16-,17-,18-/m0/s1. The van der Waals surface area contributed by atoms with E-state index in [9.17, 15) is 14.7 Å². The topological polar surface area (TPSA) is 75.6 Å². The van der Waals surface area contributed by atoms with Crippen molar-refractivity contribution in [1.82, 2.24) is 5.32 Å². The van der Waals surface area contributed by atoms with E-state index in [4.69, 9.17) is 4.74 Å². The molecule has 0 spiro atoms. The van der Waals surface area contributed by atoms with E-state index in [2.05, 4.69) is 5.32 Å². The summed E-state index contributed by atoms with van der Waals surface area (Å²) in [5.74, 6) is -2.88. The molecule has 132 valence electrons. The highest BCUT2D eigenvalue weighted by Gasteiger charge is 2.53. The Hall–Kier alpha value is -2.92. The van der Waals surface area contributed by atoms with E-state index in [0.717, 1.165) is 11.1 Å². The first kappa shape index (κ1) is 16.5. The fraction of sp³-hybridized carbons (Fsp3) is 0.238. The number of benzene rings is 2. The molecular formula is C21H19NO4. The van der Waals surface area contributed by atoms with E-state index in [-0.39, 0.29) is 11.9 Å². The molecule has 2 aliphatic rings. The van der Waals surface area contributed by atoms with E-state index in [1.807, 2.05) is 60.7 Å². The zero-order chi connectivity index (χ0) is 18.1. The molecule has 0 radical (unpaired) electrons. The molecule has 5 nitrogen and oxygen atoms in total. The highest BCUT2D eigenvalue weighted by atomic mass is 16.5. The van der Waals surface area contributed by atoms with Gasteiger partial charge in [-0.1, -0.05) is 72.8 Å². The molecule has 26 heavy (non-hydrogen) atoms. The zero-order valence-electron chi connectivity index (χ0n) is 14.0. The first-order valence-electron chi connectivity index (χ1n) is 8.62. The van der Waals surface area contributed by atoms with Crippen molar-refractivity contribution in [3.8, 4) is 0 Å². The van der Waals surface area contributed by atoms with Gasteiger partial charge in [-0.2, -0.15) is 0 Å². The number of hydrogen-bond donors (Lipinski definition) is 2. The highest BCUT2D eigenvalue weighted by Crippen LogP contribution is 2.40. The summed E-state index contributed by atoms with van der Waals surface area (Å²) < 4.78 is 5.62. The molecule has 1 saturated heterocycles. The van der Waals surface area contributed by atoms with Gasteiger partial charge in [0.05, 0.1) is 24.2 Å². The van der Waals surface area contributed by atoms with Crippen molar-refractivity contribution in [2.24, 2.45) is 11.8 Å². The first-order valence-corrected chi connectivity index (χ1v) is 8.62. The molecule has 2 bridgehead atoms. The van der Waals surface area contributed by atoms with E-state index >= 15 is 0 Å². The van der Waals surface area contributed by atoms with Gasteiger partial charge >= 0.3 is 5.97 Å². The van der Waals surface area contributed by atoms with Crippen LogP contribution in [0.3, 0.4) is 0 Å². The second-order valence-electron chi connectivity index (χ2n) is 6.60. The number of hydrogen-bond acceptors (Lipinski definition) is 3. The van der Waals surface area contributed by atoms with Crippen LogP contribution >= 0.6 is 0 Å². The Balaban J connectivity index is 1.63. The molecule has 0 saturated carbocycles. The van der Waals surface area contributed by atoms with Crippen LogP contribution < -0.4 is 5.32 Å². The van der Waals surface area contributed by atoms with E-state index in [0.29, 0.717) is 0 Å². The van der Waals surface area contributed by atoms with Gasteiger partial charge in [-0.15, -0.1) is 0 Å². The number of carboxylic acids is 1. The van der Waals surface area contributed by atoms with E-state index in [1.165, 1.54) is 0 Å². The number of ether oxygens (including phenoxy) is 1. The number of carbonyl (C=O) groups excluding carboxylic acids is 1. The average Bonchev–Trinajstić information content (AvgIpc) is 3.29. The molecule has 4 rings (SSSR count).